The van der Waals surface area contributed by atoms with E-state index in [9.17, 15) is 13.2 Å². The second kappa shape index (κ2) is 17.2. The van der Waals surface area contributed by atoms with Crippen LogP contribution >= 0.6 is 0 Å². The fourth-order valence-corrected chi connectivity index (χ4v) is 7.61. The van der Waals surface area contributed by atoms with Gasteiger partial charge in [0.05, 0.1) is 0 Å². The predicted molar refractivity (Wildman–Crippen MR) is 233 cm³/mol. The zero-order chi connectivity index (χ0) is 40.3. The number of nitrogens with zero attached hydrogens (tertiary/aromatic N) is 2. The molecule has 0 aliphatic rings. The molecule has 0 bridgehead atoms. The zero-order valence-electron chi connectivity index (χ0n) is 32.3. The van der Waals surface area contributed by atoms with Crippen molar-refractivity contribution in [3.8, 4) is 89.3 Å². The van der Waals surface area contributed by atoms with E-state index >= 15 is 0 Å². The SMILES string of the molecule is Cc1cc(-c2ccccc2-c2ccc(-c3[c-]cc(C(F)(F)F)cc3)nc2)cc(-c2ccccc2-c2cnc(-c3[c-]cccc3)cc2-c2ccc(-c3ccccc3)cc2)c1.[Ir]. The van der Waals surface area contributed by atoms with Gasteiger partial charge in [0.25, 0.3) is 0 Å². The van der Waals surface area contributed by atoms with Crippen LogP contribution < -0.4 is 0 Å². The van der Waals surface area contributed by atoms with Crippen LogP contribution in [0.2, 0.25) is 0 Å². The van der Waals surface area contributed by atoms with E-state index in [2.05, 4.69) is 133 Å². The first kappa shape index (κ1) is 40.1. The molecule has 0 aliphatic heterocycles. The van der Waals surface area contributed by atoms with Crippen molar-refractivity contribution in [2.45, 2.75) is 13.1 Å². The van der Waals surface area contributed by atoms with Gasteiger partial charge < -0.3 is 9.97 Å². The van der Waals surface area contributed by atoms with Crippen molar-refractivity contribution in [3.05, 3.63) is 218 Å². The number of alkyl halides is 3. The molecule has 1 radical (unpaired) electrons. The molecule has 60 heavy (non-hydrogen) atoms. The molecule has 0 aliphatic carbocycles. The van der Waals surface area contributed by atoms with Gasteiger partial charge in [0.15, 0.2) is 0 Å². The quantitative estimate of drug-likeness (QED) is 0.142. The smallest absolute Gasteiger partial charge is 0.304 e. The third-order valence-corrected chi connectivity index (χ3v) is 10.5. The van der Waals surface area contributed by atoms with Crippen molar-refractivity contribution in [2.24, 2.45) is 0 Å². The fourth-order valence-electron chi connectivity index (χ4n) is 7.61. The standard InChI is InChI=1S/C54H35F3N2.Ir/c1-36-30-43(47-17-9-8-16-46(47)42-26-29-52(58-34-42)41-24-27-45(28-25-41)54(55,56)57)32-44(31-36)48-18-10-11-19-49(48)51-35-59-53(40-14-6-3-7-15-40)33-50(51)39-22-20-38(21-23-39)37-12-4-2-5-13-37;/h2-14,16-24,26-35H,1H3;/q-2;. The number of aryl methyl sites for hydroxylation is 1. The molecule has 0 atom stereocenters. The van der Waals surface area contributed by atoms with Gasteiger partial charge in [0.1, 0.15) is 0 Å². The minimum absolute atomic E-state index is 0. The summed E-state index contributed by atoms with van der Waals surface area (Å²) in [6, 6.07) is 65.8. The van der Waals surface area contributed by atoms with E-state index in [0.29, 0.717) is 11.3 Å². The molecule has 0 N–H and O–H groups in total. The molecule has 7 aromatic carbocycles. The molecular formula is C54H35F3IrN2-2. The van der Waals surface area contributed by atoms with Crippen LogP contribution in [0.25, 0.3) is 89.3 Å². The Hall–Kier alpha value is -6.72. The number of benzene rings is 7. The minimum atomic E-state index is -4.42. The summed E-state index contributed by atoms with van der Waals surface area (Å²) < 4.78 is 39.4. The van der Waals surface area contributed by atoms with E-state index in [4.69, 9.17) is 4.98 Å². The van der Waals surface area contributed by atoms with Crippen LogP contribution in [0.5, 0.6) is 0 Å². The Morgan fingerprint density at radius 1 is 0.417 bits per heavy atom. The molecule has 0 saturated heterocycles. The van der Waals surface area contributed by atoms with Crippen molar-refractivity contribution in [2.75, 3.05) is 0 Å². The topological polar surface area (TPSA) is 25.8 Å². The fraction of sp³-hybridized carbons (Fsp3) is 0.0370. The van der Waals surface area contributed by atoms with E-state index in [1.54, 1.807) is 6.20 Å². The molecule has 0 fully saturated rings. The number of hydrogen-bond acceptors (Lipinski definition) is 2. The van der Waals surface area contributed by atoms with Crippen LogP contribution in [-0.4, -0.2) is 9.97 Å². The largest absolute Gasteiger partial charge is 0.381 e. The third kappa shape index (κ3) is 8.39. The van der Waals surface area contributed by atoms with Crippen molar-refractivity contribution in [1.29, 1.82) is 0 Å². The molecule has 293 valence electrons. The summed E-state index contributed by atoms with van der Waals surface area (Å²) >= 11 is 0. The summed E-state index contributed by atoms with van der Waals surface area (Å²) in [6.07, 6.45) is -0.666. The van der Waals surface area contributed by atoms with Crippen molar-refractivity contribution < 1.29 is 33.3 Å². The number of halogens is 3. The van der Waals surface area contributed by atoms with Gasteiger partial charge in [-0.3, -0.25) is 0 Å². The van der Waals surface area contributed by atoms with Crippen LogP contribution in [0.3, 0.4) is 0 Å². The van der Waals surface area contributed by atoms with Gasteiger partial charge >= 0.3 is 6.18 Å². The number of hydrogen-bond donors (Lipinski definition) is 0. The van der Waals surface area contributed by atoms with Gasteiger partial charge in [-0.1, -0.05) is 133 Å². The first-order valence-electron chi connectivity index (χ1n) is 19.3. The van der Waals surface area contributed by atoms with Crippen LogP contribution in [0.15, 0.2) is 194 Å². The van der Waals surface area contributed by atoms with E-state index in [1.807, 2.05) is 60.8 Å². The maximum absolute atomic E-state index is 13.1. The third-order valence-electron chi connectivity index (χ3n) is 10.5. The van der Waals surface area contributed by atoms with E-state index in [-0.39, 0.29) is 20.1 Å². The summed E-state index contributed by atoms with van der Waals surface area (Å²) in [7, 11) is 0. The van der Waals surface area contributed by atoms with Gasteiger partial charge in [-0.05, 0) is 96.7 Å². The molecule has 9 aromatic rings. The monoisotopic (exact) mass is 961 g/mol. The van der Waals surface area contributed by atoms with Gasteiger partial charge in [-0.15, -0.1) is 65.7 Å². The Kier molecular flexibility index (Phi) is 11.5. The molecule has 0 amide bonds. The predicted octanol–water partition coefficient (Wildman–Crippen LogP) is 14.7. The summed E-state index contributed by atoms with van der Waals surface area (Å²) in [5, 5.41) is 0. The molecule has 0 saturated carbocycles. The number of rotatable bonds is 8. The van der Waals surface area contributed by atoms with Crippen molar-refractivity contribution in [1.82, 2.24) is 9.97 Å². The second-order valence-electron chi connectivity index (χ2n) is 14.4. The Balaban J connectivity index is 0.00000499. The average Bonchev–Trinajstić information content (AvgIpc) is 3.29. The van der Waals surface area contributed by atoms with Crippen molar-refractivity contribution in [3.63, 3.8) is 0 Å². The molecule has 0 unspecified atom stereocenters. The summed E-state index contributed by atoms with van der Waals surface area (Å²) in [6.45, 7) is 2.11. The maximum Gasteiger partial charge on any atom is 0.381 e. The Labute approximate surface area is 361 Å². The summed E-state index contributed by atoms with van der Waals surface area (Å²) in [5.74, 6) is 0. The van der Waals surface area contributed by atoms with Gasteiger partial charge in [0, 0.05) is 38.1 Å². The second-order valence-corrected chi connectivity index (χ2v) is 14.4. The van der Waals surface area contributed by atoms with Crippen LogP contribution in [0.1, 0.15) is 11.1 Å². The van der Waals surface area contributed by atoms with Crippen LogP contribution in [0, 0.1) is 19.1 Å². The average molecular weight is 961 g/mol. The van der Waals surface area contributed by atoms with Crippen molar-refractivity contribution >= 4 is 0 Å². The number of aromatic nitrogens is 2. The van der Waals surface area contributed by atoms with Crippen LogP contribution in [0.4, 0.5) is 13.2 Å². The maximum atomic E-state index is 13.1. The Bertz CT molecular complexity index is 2890. The number of pyridine rings is 2. The Morgan fingerprint density at radius 3 is 1.60 bits per heavy atom. The van der Waals surface area contributed by atoms with Crippen LogP contribution in [-0.2, 0) is 26.3 Å². The normalized spacial score (nSPS) is 11.2. The summed E-state index contributed by atoms with van der Waals surface area (Å²) in [4.78, 5) is 9.63. The molecule has 2 heterocycles. The molecule has 2 aromatic heterocycles. The van der Waals surface area contributed by atoms with E-state index in [0.717, 1.165) is 90.2 Å². The van der Waals surface area contributed by atoms with Gasteiger partial charge in [-0.25, -0.2) is 0 Å². The molecule has 9 rings (SSSR count). The molecule has 6 heteroatoms. The molecular weight excluding hydrogens is 926 g/mol. The van der Waals surface area contributed by atoms with E-state index in [1.165, 1.54) is 11.6 Å². The zero-order valence-corrected chi connectivity index (χ0v) is 34.7. The van der Waals surface area contributed by atoms with E-state index < -0.39 is 11.7 Å². The van der Waals surface area contributed by atoms with Gasteiger partial charge in [0.2, 0.25) is 0 Å². The summed E-state index contributed by atoms with van der Waals surface area (Å²) in [5.41, 5.74) is 15.9. The first-order valence-corrected chi connectivity index (χ1v) is 19.3. The molecule has 0 spiro atoms. The minimum Gasteiger partial charge on any atom is -0.304 e. The first-order chi connectivity index (χ1) is 28.8. The Morgan fingerprint density at radius 2 is 0.983 bits per heavy atom. The van der Waals surface area contributed by atoms with Gasteiger partial charge in [-0.2, -0.15) is 13.2 Å². The molecule has 2 nitrogen and oxygen atoms in total.